The van der Waals surface area contributed by atoms with E-state index in [1.54, 1.807) is 6.92 Å². The Morgan fingerprint density at radius 3 is 3.08 bits per heavy atom. The molecular formula is C9H9NO3. The Hall–Kier alpha value is -1.71. The summed E-state index contributed by atoms with van der Waals surface area (Å²) in [6, 6.07) is 5.47. The van der Waals surface area contributed by atoms with Crippen LogP contribution in [0.15, 0.2) is 23.4 Å². The van der Waals surface area contributed by atoms with E-state index in [2.05, 4.69) is 5.16 Å². The van der Waals surface area contributed by atoms with Crippen molar-refractivity contribution >= 4 is 5.71 Å². The molecule has 0 aliphatic carbocycles. The molecule has 0 unspecified atom stereocenters. The number of rotatable bonds is 1. The molecule has 1 heterocycles. The van der Waals surface area contributed by atoms with Crippen molar-refractivity contribution in [3.63, 3.8) is 0 Å². The Kier molecular flexibility index (Phi) is 1.81. The lowest BCUT2D eigenvalue weighted by molar-refractivity contribution is 0.173. The summed E-state index contributed by atoms with van der Waals surface area (Å²) in [6.07, 6.45) is 0. The number of fused-ring (bicyclic) bond motifs is 1. The average Bonchev–Trinajstić information content (AvgIpc) is 2.63. The molecule has 4 heteroatoms. The molecule has 0 spiro atoms. The molecule has 2 rings (SSSR count). The minimum Gasteiger partial charge on any atom is -0.454 e. The molecule has 13 heavy (non-hydrogen) atoms. The summed E-state index contributed by atoms with van der Waals surface area (Å²) in [5, 5.41) is 11.7. The highest BCUT2D eigenvalue weighted by atomic mass is 16.7. The zero-order valence-corrected chi connectivity index (χ0v) is 7.15. The van der Waals surface area contributed by atoms with E-state index < -0.39 is 0 Å². The normalized spacial score (nSPS) is 14.7. The van der Waals surface area contributed by atoms with Crippen molar-refractivity contribution in [1.29, 1.82) is 0 Å². The molecule has 1 aliphatic heterocycles. The predicted molar refractivity (Wildman–Crippen MR) is 46.6 cm³/mol. The zero-order valence-electron chi connectivity index (χ0n) is 7.15. The van der Waals surface area contributed by atoms with Gasteiger partial charge in [0, 0.05) is 5.56 Å². The summed E-state index contributed by atoms with van der Waals surface area (Å²) in [5.74, 6) is 1.35. The number of para-hydroxylation sites is 1. The third kappa shape index (κ3) is 1.20. The summed E-state index contributed by atoms with van der Waals surface area (Å²) >= 11 is 0. The zero-order chi connectivity index (χ0) is 9.26. The van der Waals surface area contributed by atoms with Crippen LogP contribution in [0.1, 0.15) is 12.5 Å². The number of hydrogen-bond acceptors (Lipinski definition) is 4. The van der Waals surface area contributed by atoms with Crippen LogP contribution in [0.2, 0.25) is 0 Å². The van der Waals surface area contributed by atoms with Crippen molar-refractivity contribution in [3.8, 4) is 11.5 Å². The van der Waals surface area contributed by atoms with E-state index in [-0.39, 0.29) is 6.79 Å². The lowest BCUT2D eigenvalue weighted by Crippen LogP contribution is -1.98. The van der Waals surface area contributed by atoms with Crippen LogP contribution < -0.4 is 9.47 Å². The van der Waals surface area contributed by atoms with Gasteiger partial charge in [-0.2, -0.15) is 0 Å². The van der Waals surface area contributed by atoms with E-state index in [1.807, 2.05) is 18.2 Å². The Labute approximate surface area is 75.4 Å². The van der Waals surface area contributed by atoms with Gasteiger partial charge in [0.1, 0.15) is 0 Å². The molecule has 0 saturated heterocycles. The summed E-state index contributed by atoms with van der Waals surface area (Å²) in [7, 11) is 0. The van der Waals surface area contributed by atoms with Crippen molar-refractivity contribution in [2.75, 3.05) is 6.79 Å². The third-order valence-corrected chi connectivity index (χ3v) is 1.94. The molecular weight excluding hydrogens is 170 g/mol. The van der Waals surface area contributed by atoms with Crippen molar-refractivity contribution in [1.82, 2.24) is 0 Å². The Bertz CT molecular complexity index is 360. The van der Waals surface area contributed by atoms with E-state index in [9.17, 15) is 0 Å². The number of benzene rings is 1. The maximum Gasteiger partial charge on any atom is 0.231 e. The maximum absolute atomic E-state index is 8.61. The van der Waals surface area contributed by atoms with Crippen LogP contribution in [-0.4, -0.2) is 17.7 Å². The Balaban J connectivity index is 2.53. The van der Waals surface area contributed by atoms with Crippen LogP contribution in [0, 0.1) is 0 Å². The predicted octanol–water partition coefficient (Wildman–Crippen LogP) is 1.61. The number of hydrogen-bond donors (Lipinski definition) is 1. The molecule has 0 atom stereocenters. The molecule has 1 aromatic rings. The Morgan fingerprint density at radius 2 is 2.31 bits per heavy atom. The van der Waals surface area contributed by atoms with Gasteiger partial charge in [-0.05, 0) is 19.1 Å². The standard InChI is InChI=1S/C9H9NO3/c1-6(10-11)7-3-2-4-8-9(7)13-5-12-8/h2-4,11H,5H2,1H3. The lowest BCUT2D eigenvalue weighted by atomic mass is 10.1. The van der Waals surface area contributed by atoms with Gasteiger partial charge in [-0.1, -0.05) is 11.2 Å². The van der Waals surface area contributed by atoms with Gasteiger partial charge in [0.25, 0.3) is 0 Å². The second-order valence-electron chi connectivity index (χ2n) is 2.72. The fraction of sp³-hybridized carbons (Fsp3) is 0.222. The van der Waals surface area contributed by atoms with Crippen LogP contribution in [0.25, 0.3) is 0 Å². The van der Waals surface area contributed by atoms with Gasteiger partial charge < -0.3 is 14.7 Å². The monoisotopic (exact) mass is 179 g/mol. The van der Waals surface area contributed by atoms with Gasteiger partial charge in [-0.3, -0.25) is 0 Å². The third-order valence-electron chi connectivity index (χ3n) is 1.94. The van der Waals surface area contributed by atoms with Crippen molar-refractivity contribution in [3.05, 3.63) is 23.8 Å². The molecule has 0 amide bonds. The molecule has 1 N–H and O–H groups in total. The molecule has 0 saturated carbocycles. The van der Waals surface area contributed by atoms with Crippen molar-refractivity contribution in [2.24, 2.45) is 5.16 Å². The van der Waals surface area contributed by atoms with Crippen LogP contribution in [0.3, 0.4) is 0 Å². The SMILES string of the molecule is CC(=NO)c1cccc2c1OCO2. The van der Waals surface area contributed by atoms with E-state index in [4.69, 9.17) is 14.7 Å². The highest BCUT2D eigenvalue weighted by Gasteiger charge is 2.18. The van der Waals surface area contributed by atoms with Crippen LogP contribution >= 0.6 is 0 Å². The van der Waals surface area contributed by atoms with Crippen LogP contribution in [0.4, 0.5) is 0 Å². The average molecular weight is 179 g/mol. The van der Waals surface area contributed by atoms with Gasteiger partial charge in [0.2, 0.25) is 6.79 Å². The van der Waals surface area contributed by atoms with Crippen LogP contribution in [0.5, 0.6) is 11.5 Å². The largest absolute Gasteiger partial charge is 0.454 e. The molecule has 1 aromatic carbocycles. The fourth-order valence-corrected chi connectivity index (χ4v) is 1.27. The first-order valence-corrected chi connectivity index (χ1v) is 3.90. The fourth-order valence-electron chi connectivity index (χ4n) is 1.27. The van der Waals surface area contributed by atoms with Gasteiger partial charge >= 0.3 is 0 Å². The molecule has 0 radical (unpaired) electrons. The van der Waals surface area contributed by atoms with Crippen molar-refractivity contribution in [2.45, 2.75) is 6.92 Å². The van der Waals surface area contributed by atoms with Gasteiger partial charge in [-0.15, -0.1) is 0 Å². The minimum atomic E-state index is 0.227. The molecule has 68 valence electrons. The van der Waals surface area contributed by atoms with Gasteiger partial charge in [0.15, 0.2) is 11.5 Å². The highest BCUT2D eigenvalue weighted by molar-refractivity contribution is 6.01. The first-order chi connectivity index (χ1) is 6.33. The number of ether oxygens (including phenoxy) is 2. The van der Waals surface area contributed by atoms with Gasteiger partial charge in [-0.25, -0.2) is 0 Å². The quantitative estimate of drug-likeness (QED) is 0.405. The second-order valence-corrected chi connectivity index (χ2v) is 2.72. The Morgan fingerprint density at radius 1 is 1.46 bits per heavy atom. The maximum atomic E-state index is 8.61. The van der Waals surface area contributed by atoms with E-state index in [0.717, 1.165) is 5.56 Å². The molecule has 4 nitrogen and oxygen atoms in total. The summed E-state index contributed by atoms with van der Waals surface area (Å²) < 4.78 is 10.4. The minimum absolute atomic E-state index is 0.227. The number of oxime groups is 1. The van der Waals surface area contributed by atoms with Gasteiger partial charge in [0.05, 0.1) is 5.71 Å². The summed E-state index contributed by atoms with van der Waals surface area (Å²) in [6.45, 7) is 1.93. The highest BCUT2D eigenvalue weighted by Crippen LogP contribution is 2.35. The van der Waals surface area contributed by atoms with Crippen molar-refractivity contribution < 1.29 is 14.7 Å². The number of nitrogens with zero attached hydrogens (tertiary/aromatic N) is 1. The summed E-state index contributed by atoms with van der Waals surface area (Å²) in [5.41, 5.74) is 1.28. The first-order valence-electron chi connectivity index (χ1n) is 3.90. The van der Waals surface area contributed by atoms with E-state index >= 15 is 0 Å². The topological polar surface area (TPSA) is 51.1 Å². The summed E-state index contributed by atoms with van der Waals surface area (Å²) in [4.78, 5) is 0. The lowest BCUT2D eigenvalue weighted by Gasteiger charge is -2.02. The molecule has 0 bridgehead atoms. The van der Waals surface area contributed by atoms with E-state index in [1.165, 1.54) is 0 Å². The first kappa shape index (κ1) is 7.91. The smallest absolute Gasteiger partial charge is 0.231 e. The van der Waals surface area contributed by atoms with Crippen LogP contribution in [-0.2, 0) is 0 Å². The second kappa shape index (κ2) is 2.97. The molecule has 1 aliphatic rings. The molecule has 0 aromatic heterocycles. The van der Waals surface area contributed by atoms with E-state index in [0.29, 0.717) is 17.2 Å². The molecule has 0 fully saturated rings.